The predicted octanol–water partition coefficient (Wildman–Crippen LogP) is 3.95. The van der Waals surface area contributed by atoms with Crippen molar-refractivity contribution in [2.45, 2.75) is 38.5 Å². The average Bonchev–Trinajstić information content (AvgIpc) is 2.84. The van der Waals surface area contributed by atoms with Crippen LogP contribution in [0.5, 0.6) is 11.5 Å². The largest absolute Gasteiger partial charge is 0.457 e. The van der Waals surface area contributed by atoms with E-state index in [2.05, 4.69) is 10.5 Å². The SMILES string of the molecule is O=C1CCC(CCC(=O)N2CCCC(C(=O)c3ccc(Oc4ccccc4)cc3)C2)=NN1. The van der Waals surface area contributed by atoms with Gasteiger partial charge >= 0.3 is 0 Å². The van der Waals surface area contributed by atoms with Crippen LogP contribution in [0.25, 0.3) is 0 Å². The molecule has 32 heavy (non-hydrogen) atoms. The van der Waals surface area contributed by atoms with Crippen LogP contribution in [0.2, 0.25) is 0 Å². The van der Waals surface area contributed by atoms with Gasteiger partial charge in [0.2, 0.25) is 11.8 Å². The number of nitrogens with zero attached hydrogens (tertiary/aromatic N) is 2. The highest BCUT2D eigenvalue weighted by Gasteiger charge is 2.29. The number of hydrogen-bond acceptors (Lipinski definition) is 5. The zero-order valence-corrected chi connectivity index (χ0v) is 18.0. The fraction of sp³-hybridized carbons (Fsp3) is 0.360. The number of amides is 2. The lowest BCUT2D eigenvalue weighted by Crippen LogP contribution is -2.42. The van der Waals surface area contributed by atoms with Gasteiger partial charge in [-0.25, -0.2) is 5.43 Å². The Morgan fingerprint density at radius 2 is 1.78 bits per heavy atom. The Morgan fingerprint density at radius 1 is 1.03 bits per heavy atom. The molecule has 166 valence electrons. The molecule has 2 aliphatic heterocycles. The molecular formula is C25H27N3O4. The number of ketones is 1. The summed E-state index contributed by atoms with van der Waals surface area (Å²) in [6, 6.07) is 16.7. The molecule has 0 spiro atoms. The van der Waals surface area contributed by atoms with Crippen LogP contribution in [0.4, 0.5) is 0 Å². The summed E-state index contributed by atoms with van der Waals surface area (Å²) in [6.45, 7) is 1.12. The Hall–Kier alpha value is -3.48. The van der Waals surface area contributed by atoms with Crippen molar-refractivity contribution in [3.63, 3.8) is 0 Å². The molecule has 1 saturated heterocycles. The Balaban J connectivity index is 1.31. The predicted molar refractivity (Wildman–Crippen MR) is 121 cm³/mol. The van der Waals surface area contributed by atoms with E-state index >= 15 is 0 Å². The molecule has 2 heterocycles. The third-order valence-electron chi connectivity index (χ3n) is 5.87. The van der Waals surface area contributed by atoms with E-state index in [0.717, 1.165) is 24.3 Å². The molecule has 7 heteroatoms. The highest BCUT2D eigenvalue weighted by atomic mass is 16.5. The first-order valence-corrected chi connectivity index (χ1v) is 11.1. The van der Waals surface area contributed by atoms with Crippen molar-refractivity contribution in [3.8, 4) is 11.5 Å². The van der Waals surface area contributed by atoms with Gasteiger partial charge in [-0.15, -0.1) is 0 Å². The van der Waals surface area contributed by atoms with E-state index in [-0.39, 0.29) is 23.5 Å². The number of nitrogens with one attached hydrogen (secondary N) is 1. The van der Waals surface area contributed by atoms with Crippen LogP contribution in [-0.2, 0) is 9.59 Å². The van der Waals surface area contributed by atoms with Crippen molar-refractivity contribution in [2.75, 3.05) is 13.1 Å². The topological polar surface area (TPSA) is 88.1 Å². The van der Waals surface area contributed by atoms with Gasteiger partial charge in [0.15, 0.2) is 5.78 Å². The molecule has 0 aliphatic carbocycles. The molecule has 1 N–H and O–H groups in total. The number of piperidine rings is 1. The molecule has 0 bridgehead atoms. The molecule has 2 aliphatic rings. The van der Waals surface area contributed by atoms with E-state index in [1.165, 1.54) is 0 Å². The number of Topliss-reactive ketones (excluding diaryl/α,β-unsaturated/α-hetero) is 1. The van der Waals surface area contributed by atoms with Gasteiger partial charge in [0.25, 0.3) is 0 Å². The summed E-state index contributed by atoms with van der Waals surface area (Å²) in [5, 5.41) is 4.03. The Kier molecular flexibility index (Phi) is 6.94. The monoisotopic (exact) mass is 433 g/mol. The summed E-state index contributed by atoms with van der Waals surface area (Å²) < 4.78 is 5.79. The van der Waals surface area contributed by atoms with E-state index in [1.54, 1.807) is 29.2 Å². The van der Waals surface area contributed by atoms with Gasteiger partial charge in [0.05, 0.1) is 0 Å². The van der Waals surface area contributed by atoms with Gasteiger partial charge in [-0.1, -0.05) is 18.2 Å². The van der Waals surface area contributed by atoms with Crippen LogP contribution in [0.1, 0.15) is 48.9 Å². The van der Waals surface area contributed by atoms with E-state index in [0.29, 0.717) is 50.1 Å². The van der Waals surface area contributed by atoms with Crippen molar-refractivity contribution in [2.24, 2.45) is 11.0 Å². The van der Waals surface area contributed by atoms with E-state index in [4.69, 9.17) is 4.74 Å². The summed E-state index contributed by atoms with van der Waals surface area (Å²) in [6.07, 6.45) is 3.50. The molecular weight excluding hydrogens is 406 g/mol. The third-order valence-corrected chi connectivity index (χ3v) is 5.87. The normalized spacial score (nSPS) is 18.5. The van der Waals surface area contributed by atoms with Gasteiger partial charge in [-0.05, 0) is 62.1 Å². The van der Waals surface area contributed by atoms with Crippen LogP contribution in [-0.4, -0.2) is 41.3 Å². The van der Waals surface area contributed by atoms with Gasteiger partial charge < -0.3 is 9.64 Å². The second-order valence-electron chi connectivity index (χ2n) is 8.20. The maximum atomic E-state index is 13.0. The molecule has 2 aromatic carbocycles. The van der Waals surface area contributed by atoms with Crippen LogP contribution >= 0.6 is 0 Å². The Morgan fingerprint density at radius 3 is 2.50 bits per heavy atom. The summed E-state index contributed by atoms with van der Waals surface area (Å²) >= 11 is 0. The lowest BCUT2D eigenvalue weighted by atomic mass is 9.89. The summed E-state index contributed by atoms with van der Waals surface area (Å²) in [5.41, 5.74) is 3.95. The maximum absolute atomic E-state index is 13.0. The summed E-state index contributed by atoms with van der Waals surface area (Å²) in [4.78, 5) is 38.7. The second kappa shape index (κ2) is 10.2. The third kappa shape index (κ3) is 5.60. The minimum atomic E-state index is -0.195. The van der Waals surface area contributed by atoms with Crippen molar-refractivity contribution in [3.05, 3.63) is 60.2 Å². The Labute approximate surface area is 187 Å². The molecule has 0 radical (unpaired) electrons. The lowest BCUT2D eigenvalue weighted by Gasteiger charge is -2.32. The average molecular weight is 434 g/mol. The molecule has 2 aromatic rings. The fourth-order valence-electron chi connectivity index (χ4n) is 4.07. The van der Waals surface area contributed by atoms with Crippen LogP contribution in [0.15, 0.2) is 59.7 Å². The first-order chi connectivity index (χ1) is 15.6. The van der Waals surface area contributed by atoms with Gasteiger partial charge in [0.1, 0.15) is 11.5 Å². The van der Waals surface area contributed by atoms with Crippen molar-refractivity contribution < 1.29 is 19.1 Å². The van der Waals surface area contributed by atoms with Crippen molar-refractivity contribution in [1.29, 1.82) is 0 Å². The van der Waals surface area contributed by atoms with Crippen LogP contribution in [0.3, 0.4) is 0 Å². The molecule has 7 nitrogen and oxygen atoms in total. The van der Waals surface area contributed by atoms with Crippen LogP contribution in [0, 0.1) is 5.92 Å². The number of ether oxygens (including phenoxy) is 1. The van der Waals surface area contributed by atoms with Gasteiger partial charge in [0, 0.05) is 43.1 Å². The molecule has 0 saturated carbocycles. The number of rotatable bonds is 7. The van der Waals surface area contributed by atoms with Crippen LogP contribution < -0.4 is 10.2 Å². The lowest BCUT2D eigenvalue weighted by molar-refractivity contribution is -0.132. The number of hydrazone groups is 1. The quantitative estimate of drug-likeness (QED) is 0.670. The van der Waals surface area contributed by atoms with Gasteiger partial charge in [-0.2, -0.15) is 5.10 Å². The zero-order chi connectivity index (χ0) is 22.3. The second-order valence-corrected chi connectivity index (χ2v) is 8.20. The van der Waals surface area contributed by atoms with E-state index in [1.807, 2.05) is 30.3 Å². The number of benzene rings is 2. The molecule has 0 aromatic heterocycles. The number of para-hydroxylation sites is 1. The van der Waals surface area contributed by atoms with Crippen molar-refractivity contribution >= 4 is 23.3 Å². The summed E-state index contributed by atoms with van der Waals surface area (Å²) in [7, 11) is 0. The smallest absolute Gasteiger partial charge is 0.240 e. The summed E-state index contributed by atoms with van der Waals surface area (Å²) in [5.74, 6) is 1.24. The maximum Gasteiger partial charge on any atom is 0.240 e. The highest BCUT2D eigenvalue weighted by Crippen LogP contribution is 2.25. The molecule has 4 rings (SSSR count). The molecule has 1 unspecified atom stereocenters. The molecule has 2 amide bonds. The fourth-order valence-corrected chi connectivity index (χ4v) is 4.07. The number of carbonyl (C=O) groups excluding carboxylic acids is 3. The van der Waals surface area contributed by atoms with Gasteiger partial charge in [-0.3, -0.25) is 14.4 Å². The standard InChI is InChI=1S/C25H27N3O4/c29-23-14-10-20(26-27-23)11-15-24(30)28-16-4-5-19(17-28)25(31)18-8-12-22(13-9-18)32-21-6-2-1-3-7-21/h1-3,6-9,12-13,19H,4-5,10-11,14-17H2,(H,27,29). The highest BCUT2D eigenvalue weighted by molar-refractivity contribution is 5.98. The minimum Gasteiger partial charge on any atom is -0.457 e. The first kappa shape index (κ1) is 21.7. The van der Waals surface area contributed by atoms with Crippen molar-refractivity contribution in [1.82, 2.24) is 10.3 Å². The Bertz CT molecular complexity index is 1000. The van der Waals surface area contributed by atoms with E-state index < -0.39 is 0 Å². The molecule has 1 atom stereocenters. The molecule has 1 fully saturated rings. The first-order valence-electron chi connectivity index (χ1n) is 11.1. The minimum absolute atomic E-state index is 0.0358. The van der Waals surface area contributed by atoms with E-state index in [9.17, 15) is 14.4 Å². The number of carbonyl (C=O) groups is 3. The number of likely N-dealkylation sites (tertiary alicyclic amines) is 1. The number of hydrogen-bond donors (Lipinski definition) is 1. The zero-order valence-electron chi connectivity index (χ0n) is 18.0.